The van der Waals surface area contributed by atoms with Crippen LogP contribution in [0.25, 0.3) is 0 Å². The number of ketones is 1. The van der Waals surface area contributed by atoms with Crippen molar-refractivity contribution in [2.75, 3.05) is 13.2 Å². The molecule has 1 saturated heterocycles. The molecule has 1 aliphatic rings. The summed E-state index contributed by atoms with van der Waals surface area (Å²) in [7, 11) is 0. The first kappa shape index (κ1) is 9.66. The van der Waals surface area contributed by atoms with Crippen LogP contribution in [-0.2, 0) is 14.4 Å². The number of aliphatic hydroxyl groups is 1. The van der Waals surface area contributed by atoms with Crippen LogP contribution in [0.4, 0.5) is 0 Å². The zero-order valence-corrected chi connectivity index (χ0v) is 6.77. The number of hydrogen-bond donors (Lipinski definition) is 2. The first-order valence-corrected chi connectivity index (χ1v) is 3.71. The third-order valence-corrected chi connectivity index (χ3v) is 1.85. The number of nitrogens with zero attached hydrogens (tertiary/aromatic N) is 1. The van der Waals surface area contributed by atoms with Gasteiger partial charge in [-0.05, 0) is 0 Å². The van der Waals surface area contributed by atoms with Crippen LogP contribution in [0.2, 0.25) is 0 Å². The lowest BCUT2D eigenvalue weighted by molar-refractivity contribution is -0.149. The first-order chi connectivity index (χ1) is 6.06. The van der Waals surface area contributed by atoms with Crippen molar-refractivity contribution in [3.05, 3.63) is 0 Å². The molecule has 1 fully saturated rings. The topological polar surface area (TPSA) is 94.9 Å². The van der Waals surface area contributed by atoms with E-state index in [4.69, 9.17) is 10.2 Å². The smallest absolute Gasteiger partial charge is 0.328 e. The number of carboxylic acids is 1. The van der Waals surface area contributed by atoms with Crippen molar-refractivity contribution in [3.63, 3.8) is 0 Å². The Morgan fingerprint density at radius 3 is 2.46 bits per heavy atom. The SMILES string of the molecule is O=C1CC(=O)N(C(CO)C(=O)O)C1. The first-order valence-electron chi connectivity index (χ1n) is 3.71. The van der Waals surface area contributed by atoms with Gasteiger partial charge in [0.15, 0.2) is 11.8 Å². The number of aliphatic hydroxyl groups excluding tert-OH is 1. The van der Waals surface area contributed by atoms with Gasteiger partial charge in [-0.3, -0.25) is 9.59 Å². The van der Waals surface area contributed by atoms with E-state index in [1.807, 2.05) is 0 Å². The van der Waals surface area contributed by atoms with Gasteiger partial charge in [0.05, 0.1) is 19.6 Å². The molecule has 1 heterocycles. The van der Waals surface area contributed by atoms with Gasteiger partial charge in [-0.25, -0.2) is 4.79 Å². The third kappa shape index (κ3) is 1.83. The monoisotopic (exact) mass is 187 g/mol. The Bertz CT molecular complexity index is 262. The second kappa shape index (κ2) is 3.53. The molecule has 6 nitrogen and oxygen atoms in total. The summed E-state index contributed by atoms with van der Waals surface area (Å²) in [6.07, 6.45) is -0.260. The van der Waals surface area contributed by atoms with Gasteiger partial charge in [0.2, 0.25) is 5.91 Å². The predicted molar refractivity (Wildman–Crippen MR) is 39.8 cm³/mol. The minimum Gasteiger partial charge on any atom is -0.480 e. The van der Waals surface area contributed by atoms with Gasteiger partial charge in [0.25, 0.3) is 0 Å². The van der Waals surface area contributed by atoms with Crippen molar-refractivity contribution < 1.29 is 24.6 Å². The Kier molecular flexibility index (Phi) is 2.62. The lowest BCUT2D eigenvalue weighted by Crippen LogP contribution is -2.44. The summed E-state index contributed by atoms with van der Waals surface area (Å²) in [5.74, 6) is -2.15. The molecule has 0 aromatic rings. The van der Waals surface area contributed by atoms with E-state index in [1.165, 1.54) is 0 Å². The van der Waals surface area contributed by atoms with Gasteiger partial charge in [-0.1, -0.05) is 0 Å². The van der Waals surface area contributed by atoms with Crippen LogP contribution in [0.1, 0.15) is 6.42 Å². The van der Waals surface area contributed by atoms with E-state index in [0.717, 1.165) is 4.90 Å². The lowest BCUT2D eigenvalue weighted by Gasteiger charge is -2.20. The normalized spacial score (nSPS) is 19.3. The fourth-order valence-electron chi connectivity index (χ4n) is 1.20. The van der Waals surface area contributed by atoms with E-state index < -0.39 is 24.5 Å². The highest BCUT2D eigenvalue weighted by molar-refractivity contribution is 6.06. The van der Waals surface area contributed by atoms with Gasteiger partial charge in [-0.15, -0.1) is 0 Å². The number of Topliss-reactive ketones (excluding diaryl/α,β-unsaturated/α-hetero) is 1. The molecule has 0 saturated carbocycles. The van der Waals surface area contributed by atoms with Crippen molar-refractivity contribution in [3.8, 4) is 0 Å². The molecule has 2 N–H and O–H groups in total. The van der Waals surface area contributed by atoms with Crippen LogP contribution < -0.4 is 0 Å². The second-order valence-electron chi connectivity index (χ2n) is 2.77. The van der Waals surface area contributed by atoms with Crippen LogP contribution in [0.3, 0.4) is 0 Å². The van der Waals surface area contributed by atoms with E-state index in [1.54, 1.807) is 0 Å². The van der Waals surface area contributed by atoms with Gasteiger partial charge < -0.3 is 15.1 Å². The number of carbonyl (C=O) groups is 3. The molecule has 0 aromatic carbocycles. The van der Waals surface area contributed by atoms with Crippen molar-refractivity contribution in [2.24, 2.45) is 0 Å². The largest absolute Gasteiger partial charge is 0.480 e. The van der Waals surface area contributed by atoms with E-state index >= 15 is 0 Å². The Morgan fingerprint density at radius 1 is 1.54 bits per heavy atom. The molecular weight excluding hydrogens is 178 g/mol. The fourth-order valence-corrected chi connectivity index (χ4v) is 1.20. The number of carboxylic acid groups (broad SMARTS) is 1. The molecule has 1 aliphatic heterocycles. The van der Waals surface area contributed by atoms with Gasteiger partial charge in [0, 0.05) is 0 Å². The summed E-state index contributed by atoms with van der Waals surface area (Å²) in [6, 6.07) is -1.29. The third-order valence-electron chi connectivity index (χ3n) is 1.85. The maximum Gasteiger partial charge on any atom is 0.328 e. The van der Waals surface area contributed by atoms with Crippen molar-refractivity contribution >= 4 is 17.7 Å². The van der Waals surface area contributed by atoms with Gasteiger partial charge >= 0.3 is 5.97 Å². The summed E-state index contributed by atoms with van der Waals surface area (Å²) in [4.78, 5) is 33.2. The standard InChI is InChI=1S/C7H9NO5/c9-3-5(7(12)13)8-2-4(10)1-6(8)11/h5,9H,1-3H2,(H,12,13). The van der Waals surface area contributed by atoms with E-state index in [2.05, 4.69) is 0 Å². The highest BCUT2D eigenvalue weighted by Gasteiger charge is 2.36. The maximum atomic E-state index is 11.0. The van der Waals surface area contributed by atoms with Crippen LogP contribution >= 0.6 is 0 Å². The Morgan fingerprint density at radius 2 is 2.15 bits per heavy atom. The quantitative estimate of drug-likeness (QED) is 0.510. The number of aliphatic carboxylic acids is 1. The van der Waals surface area contributed by atoms with Crippen LogP contribution in [-0.4, -0.2) is 52.0 Å². The number of rotatable bonds is 3. The van der Waals surface area contributed by atoms with Gasteiger partial charge in [-0.2, -0.15) is 0 Å². The maximum absolute atomic E-state index is 11.0. The Balaban J connectivity index is 2.75. The second-order valence-corrected chi connectivity index (χ2v) is 2.77. The summed E-state index contributed by atoms with van der Waals surface area (Å²) >= 11 is 0. The summed E-state index contributed by atoms with van der Waals surface area (Å²) in [5, 5.41) is 17.2. The number of likely N-dealkylation sites (tertiary alicyclic amines) is 1. The average molecular weight is 187 g/mol. The summed E-state index contributed by atoms with van der Waals surface area (Å²) in [5.41, 5.74) is 0. The minimum atomic E-state index is -1.30. The summed E-state index contributed by atoms with van der Waals surface area (Å²) < 4.78 is 0. The molecule has 1 rings (SSSR count). The molecule has 1 unspecified atom stereocenters. The molecule has 1 amide bonds. The minimum absolute atomic E-state index is 0.212. The number of amides is 1. The number of carbonyl (C=O) groups excluding carboxylic acids is 2. The lowest BCUT2D eigenvalue weighted by atomic mass is 10.3. The highest BCUT2D eigenvalue weighted by Crippen LogP contribution is 2.10. The Hall–Kier alpha value is -1.43. The molecule has 72 valence electrons. The van der Waals surface area contributed by atoms with Crippen LogP contribution in [0.15, 0.2) is 0 Å². The zero-order chi connectivity index (χ0) is 10.0. The molecular formula is C7H9NO5. The van der Waals surface area contributed by atoms with Crippen molar-refractivity contribution in [1.82, 2.24) is 4.90 Å². The molecule has 0 aliphatic carbocycles. The molecule has 0 bridgehead atoms. The van der Waals surface area contributed by atoms with E-state index in [0.29, 0.717) is 0 Å². The van der Waals surface area contributed by atoms with E-state index in [9.17, 15) is 14.4 Å². The summed E-state index contributed by atoms with van der Waals surface area (Å²) in [6.45, 7) is -0.884. The number of hydrogen-bond acceptors (Lipinski definition) is 4. The predicted octanol–water partition coefficient (Wildman–Crippen LogP) is -1.77. The average Bonchev–Trinajstić information content (AvgIpc) is 2.31. The Labute approximate surface area is 73.8 Å². The van der Waals surface area contributed by atoms with Crippen LogP contribution in [0, 0.1) is 0 Å². The zero-order valence-electron chi connectivity index (χ0n) is 6.77. The molecule has 1 atom stereocenters. The molecule has 0 aromatic heterocycles. The molecule has 6 heteroatoms. The highest BCUT2D eigenvalue weighted by atomic mass is 16.4. The van der Waals surface area contributed by atoms with Crippen LogP contribution in [0.5, 0.6) is 0 Å². The van der Waals surface area contributed by atoms with Gasteiger partial charge in [0.1, 0.15) is 0 Å². The molecule has 0 spiro atoms. The van der Waals surface area contributed by atoms with E-state index in [-0.39, 0.29) is 18.7 Å². The molecule has 0 radical (unpaired) electrons. The van der Waals surface area contributed by atoms with Crippen molar-refractivity contribution in [1.29, 1.82) is 0 Å². The fraction of sp³-hybridized carbons (Fsp3) is 0.571. The molecule has 13 heavy (non-hydrogen) atoms. The van der Waals surface area contributed by atoms with Crippen molar-refractivity contribution in [2.45, 2.75) is 12.5 Å².